The van der Waals surface area contributed by atoms with E-state index in [9.17, 15) is 14.4 Å². The molecule has 0 N–H and O–H groups in total. The molecule has 2 saturated heterocycles. The van der Waals surface area contributed by atoms with E-state index in [2.05, 4.69) is 4.90 Å². The SMILES string of the molecule is CCN(CC)C(=O)CN1CN(c2ccccc2)C2(CCN(C(=O)COC)CC2)C1=O. The number of carbonyl (C=O) groups excluding carboxylic acids is 3. The summed E-state index contributed by atoms with van der Waals surface area (Å²) in [5, 5.41) is 0. The Kier molecular flexibility index (Phi) is 6.97. The van der Waals surface area contributed by atoms with Gasteiger partial charge in [0.1, 0.15) is 18.7 Å². The average molecular weight is 417 g/mol. The highest BCUT2D eigenvalue weighted by molar-refractivity contribution is 5.96. The van der Waals surface area contributed by atoms with Gasteiger partial charge in [0, 0.05) is 39.0 Å². The van der Waals surface area contributed by atoms with Gasteiger partial charge in [-0.3, -0.25) is 14.4 Å². The number of carbonyl (C=O) groups is 3. The van der Waals surface area contributed by atoms with Gasteiger partial charge in [0.2, 0.25) is 11.8 Å². The zero-order chi connectivity index (χ0) is 21.7. The van der Waals surface area contributed by atoms with Crippen molar-refractivity contribution in [3.05, 3.63) is 30.3 Å². The molecule has 0 aromatic heterocycles. The Bertz CT molecular complexity index is 758. The summed E-state index contributed by atoms with van der Waals surface area (Å²) in [7, 11) is 1.51. The largest absolute Gasteiger partial charge is 0.375 e. The van der Waals surface area contributed by atoms with E-state index in [1.54, 1.807) is 14.7 Å². The fraction of sp³-hybridized carbons (Fsp3) is 0.591. The van der Waals surface area contributed by atoms with Crippen LogP contribution >= 0.6 is 0 Å². The molecular formula is C22H32N4O4. The smallest absolute Gasteiger partial charge is 0.250 e. The Morgan fingerprint density at radius 1 is 1.10 bits per heavy atom. The summed E-state index contributed by atoms with van der Waals surface area (Å²) < 4.78 is 4.97. The fourth-order valence-corrected chi connectivity index (χ4v) is 4.50. The number of likely N-dealkylation sites (N-methyl/N-ethyl adjacent to an activating group) is 1. The van der Waals surface area contributed by atoms with Crippen molar-refractivity contribution in [1.29, 1.82) is 0 Å². The first-order chi connectivity index (χ1) is 14.5. The molecule has 2 aliphatic rings. The number of nitrogens with zero attached hydrogens (tertiary/aromatic N) is 4. The fourth-order valence-electron chi connectivity index (χ4n) is 4.50. The number of hydrogen-bond acceptors (Lipinski definition) is 5. The number of piperidine rings is 1. The van der Waals surface area contributed by atoms with Crippen LogP contribution in [0.4, 0.5) is 5.69 Å². The first-order valence-electron chi connectivity index (χ1n) is 10.6. The summed E-state index contributed by atoms with van der Waals surface area (Å²) in [6.45, 7) is 6.64. The van der Waals surface area contributed by atoms with Crippen LogP contribution in [-0.4, -0.2) is 91.1 Å². The molecule has 164 valence electrons. The van der Waals surface area contributed by atoms with Crippen LogP contribution in [-0.2, 0) is 19.1 Å². The van der Waals surface area contributed by atoms with Crippen molar-refractivity contribution in [1.82, 2.24) is 14.7 Å². The Morgan fingerprint density at radius 3 is 2.30 bits per heavy atom. The third-order valence-electron chi connectivity index (χ3n) is 6.24. The highest BCUT2D eigenvalue weighted by atomic mass is 16.5. The van der Waals surface area contributed by atoms with Crippen molar-refractivity contribution in [2.75, 3.05) is 58.0 Å². The molecule has 2 aliphatic heterocycles. The third kappa shape index (κ3) is 4.14. The van der Waals surface area contributed by atoms with Crippen molar-refractivity contribution >= 4 is 23.4 Å². The van der Waals surface area contributed by atoms with Crippen LogP contribution in [0, 0.1) is 0 Å². The maximum absolute atomic E-state index is 13.6. The summed E-state index contributed by atoms with van der Waals surface area (Å²) in [4.78, 5) is 45.8. The number of likely N-dealkylation sites (tertiary alicyclic amines) is 1. The quantitative estimate of drug-likeness (QED) is 0.667. The molecule has 1 aromatic carbocycles. The van der Waals surface area contributed by atoms with Crippen molar-refractivity contribution in [2.45, 2.75) is 32.2 Å². The lowest BCUT2D eigenvalue weighted by Gasteiger charge is -2.43. The normalized spacial score (nSPS) is 18.2. The second-order valence-corrected chi connectivity index (χ2v) is 7.82. The molecule has 0 bridgehead atoms. The summed E-state index contributed by atoms with van der Waals surface area (Å²) in [6.07, 6.45) is 1.07. The van der Waals surface area contributed by atoms with Crippen molar-refractivity contribution in [3.63, 3.8) is 0 Å². The molecular weight excluding hydrogens is 384 g/mol. The van der Waals surface area contributed by atoms with E-state index in [1.165, 1.54) is 7.11 Å². The van der Waals surface area contributed by atoms with E-state index in [4.69, 9.17) is 4.74 Å². The standard InChI is InChI=1S/C22H32N4O4/c1-4-23(5-2)19(27)15-25-17-26(18-9-7-6-8-10-18)22(21(25)29)11-13-24(14-12-22)20(28)16-30-3/h6-10H,4-5,11-17H2,1-3H3. The summed E-state index contributed by atoms with van der Waals surface area (Å²) >= 11 is 0. The van der Waals surface area contributed by atoms with E-state index in [1.807, 2.05) is 44.2 Å². The first kappa shape index (κ1) is 22.1. The molecule has 0 unspecified atom stereocenters. The minimum Gasteiger partial charge on any atom is -0.375 e. The molecule has 0 radical (unpaired) electrons. The summed E-state index contributed by atoms with van der Waals surface area (Å²) in [6, 6.07) is 9.84. The number of methoxy groups -OCH3 is 1. The molecule has 0 saturated carbocycles. The second-order valence-electron chi connectivity index (χ2n) is 7.82. The zero-order valence-electron chi connectivity index (χ0n) is 18.2. The number of rotatable bonds is 7. The molecule has 0 atom stereocenters. The number of ether oxygens (including phenoxy) is 1. The summed E-state index contributed by atoms with van der Waals surface area (Å²) in [5.41, 5.74) is 0.231. The van der Waals surface area contributed by atoms with Crippen LogP contribution in [0.25, 0.3) is 0 Å². The molecule has 2 fully saturated rings. The zero-order valence-corrected chi connectivity index (χ0v) is 18.2. The van der Waals surface area contributed by atoms with E-state index in [0.717, 1.165) is 5.69 Å². The molecule has 2 heterocycles. The van der Waals surface area contributed by atoms with E-state index < -0.39 is 5.54 Å². The van der Waals surface area contributed by atoms with Crippen molar-refractivity contribution < 1.29 is 19.1 Å². The highest BCUT2D eigenvalue weighted by Gasteiger charge is 2.54. The average Bonchev–Trinajstić information content (AvgIpc) is 3.02. The van der Waals surface area contributed by atoms with Crippen LogP contribution < -0.4 is 4.90 Å². The molecule has 1 aromatic rings. The van der Waals surface area contributed by atoms with E-state index in [0.29, 0.717) is 45.7 Å². The molecule has 3 amide bonds. The number of amides is 3. The molecule has 1 spiro atoms. The van der Waals surface area contributed by atoms with Gasteiger partial charge in [-0.2, -0.15) is 0 Å². The lowest BCUT2D eigenvalue weighted by molar-refractivity contribution is -0.143. The number of para-hydroxylation sites is 1. The molecule has 8 nitrogen and oxygen atoms in total. The molecule has 30 heavy (non-hydrogen) atoms. The van der Waals surface area contributed by atoms with Gasteiger partial charge in [0.05, 0.1) is 6.67 Å². The van der Waals surface area contributed by atoms with Crippen LogP contribution in [0.2, 0.25) is 0 Å². The van der Waals surface area contributed by atoms with Gasteiger partial charge >= 0.3 is 0 Å². The Morgan fingerprint density at radius 2 is 1.73 bits per heavy atom. The number of anilines is 1. The van der Waals surface area contributed by atoms with Gasteiger partial charge in [-0.1, -0.05) is 18.2 Å². The van der Waals surface area contributed by atoms with Crippen LogP contribution in [0.1, 0.15) is 26.7 Å². The van der Waals surface area contributed by atoms with Gasteiger partial charge in [-0.25, -0.2) is 0 Å². The maximum Gasteiger partial charge on any atom is 0.250 e. The lowest BCUT2D eigenvalue weighted by Crippen LogP contribution is -2.57. The highest BCUT2D eigenvalue weighted by Crippen LogP contribution is 2.39. The van der Waals surface area contributed by atoms with Gasteiger partial charge < -0.3 is 24.3 Å². The number of benzene rings is 1. The first-order valence-corrected chi connectivity index (χ1v) is 10.6. The topological polar surface area (TPSA) is 73.4 Å². The monoisotopic (exact) mass is 416 g/mol. The predicted octanol–water partition coefficient (Wildman–Crippen LogP) is 1.17. The van der Waals surface area contributed by atoms with Gasteiger partial charge in [0.15, 0.2) is 0 Å². The van der Waals surface area contributed by atoms with Gasteiger partial charge in [-0.05, 0) is 38.8 Å². The van der Waals surface area contributed by atoms with Gasteiger partial charge in [-0.15, -0.1) is 0 Å². The number of hydrogen-bond donors (Lipinski definition) is 0. The van der Waals surface area contributed by atoms with Crippen LogP contribution in [0.3, 0.4) is 0 Å². The predicted molar refractivity (Wildman–Crippen MR) is 114 cm³/mol. The Balaban J connectivity index is 1.83. The Labute approximate surface area is 178 Å². The third-order valence-corrected chi connectivity index (χ3v) is 6.24. The maximum atomic E-state index is 13.6. The van der Waals surface area contributed by atoms with Crippen LogP contribution in [0.5, 0.6) is 0 Å². The molecule has 8 heteroatoms. The Hall–Kier alpha value is -2.61. The summed E-state index contributed by atoms with van der Waals surface area (Å²) in [5.74, 6) is -0.116. The molecule has 0 aliphatic carbocycles. The van der Waals surface area contributed by atoms with E-state index >= 15 is 0 Å². The molecule has 3 rings (SSSR count). The van der Waals surface area contributed by atoms with Crippen LogP contribution in [0.15, 0.2) is 30.3 Å². The minimum atomic E-state index is -0.727. The van der Waals surface area contributed by atoms with Gasteiger partial charge in [0.25, 0.3) is 5.91 Å². The second kappa shape index (κ2) is 9.47. The van der Waals surface area contributed by atoms with Crippen molar-refractivity contribution in [3.8, 4) is 0 Å². The minimum absolute atomic E-state index is 0.0225. The lowest BCUT2D eigenvalue weighted by atomic mass is 9.85. The van der Waals surface area contributed by atoms with E-state index in [-0.39, 0.29) is 30.9 Å². The van der Waals surface area contributed by atoms with Crippen molar-refractivity contribution in [2.24, 2.45) is 0 Å².